The summed E-state index contributed by atoms with van der Waals surface area (Å²) in [5.41, 5.74) is 2.90. The molecule has 4 heterocycles. The Labute approximate surface area is 203 Å². The molecule has 0 saturated carbocycles. The molecule has 2 aromatic heterocycles. The summed E-state index contributed by atoms with van der Waals surface area (Å²) in [4.78, 5) is 17.1. The molecule has 3 aromatic rings. The van der Waals surface area contributed by atoms with Crippen LogP contribution in [0.25, 0.3) is 0 Å². The van der Waals surface area contributed by atoms with Crippen molar-refractivity contribution in [2.24, 2.45) is 5.16 Å². The van der Waals surface area contributed by atoms with E-state index in [1.807, 2.05) is 43.3 Å². The molecule has 0 amide bonds. The first-order chi connectivity index (χ1) is 17.2. The molecule has 1 unspecified atom stereocenters. The number of ether oxygens (including phenoxy) is 2. The fourth-order valence-electron chi connectivity index (χ4n) is 3.91. The van der Waals surface area contributed by atoms with Crippen LogP contribution in [0.2, 0.25) is 0 Å². The van der Waals surface area contributed by atoms with Gasteiger partial charge in [0.05, 0.1) is 31.2 Å². The lowest BCUT2D eigenvalue weighted by Crippen LogP contribution is -2.38. The van der Waals surface area contributed by atoms with Gasteiger partial charge >= 0.3 is 0 Å². The number of nitrogens with one attached hydrogen (secondary N) is 3. The minimum atomic E-state index is -0.105. The Kier molecular flexibility index (Phi) is 7.35. The summed E-state index contributed by atoms with van der Waals surface area (Å²) >= 11 is 0. The normalized spacial score (nSPS) is 18.1. The van der Waals surface area contributed by atoms with Gasteiger partial charge in [0.1, 0.15) is 24.3 Å². The van der Waals surface area contributed by atoms with Crippen LogP contribution in [0.1, 0.15) is 17.7 Å². The van der Waals surface area contributed by atoms with Gasteiger partial charge in [0.25, 0.3) is 0 Å². The van der Waals surface area contributed by atoms with Gasteiger partial charge in [-0.05, 0) is 12.5 Å². The van der Waals surface area contributed by atoms with E-state index in [1.165, 1.54) is 0 Å². The molecule has 1 aromatic carbocycles. The van der Waals surface area contributed by atoms with Crippen molar-refractivity contribution in [3.63, 3.8) is 0 Å². The Morgan fingerprint density at radius 3 is 2.80 bits per heavy atom. The van der Waals surface area contributed by atoms with Crippen molar-refractivity contribution in [1.29, 1.82) is 0 Å². The van der Waals surface area contributed by atoms with Crippen molar-refractivity contribution in [3.05, 3.63) is 53.7 Å². The van der Waals surface area contributed by atoms with Crippen molar-refractivity contribution in [2.45, 2.75) is 19.4 Å². The standard InChI is InChI=1S/C24H30N8O3/c1-17-13-22(30-29-17)26-21-15-23(34-12-9-32-7-10-33-11-8-32)28-24(27-21)25-16-19-14-20(31-35-19)18-5-3-2-4-6-18/h2-6,13,15,19H,7-12,14,16H2,1H3,(H3,25,26,27,28,29,30). The SMILES string of the molecule is Cc1cc(Nc2cc(OCCN3CCOCC3)nc(NCC3CC(c4ccccc4)=NO3)n2)[nH]n1. The van der Waals surface area contributed by atoms with Crippen LogP contribution in [-0.4, -0.2) is 82.9 Å². The maximum Gasteiger partial charge on any atom is 0.228 e. The topological polar surface area (TPSA) is 122 Å². The molecule has 3 N–H and O–H groups in total. The first-order valence-electron chi connectivity index (χ1n) is 11.8. The van der Waals surface area contributed by atoms with E-state index in [4.69, 9.17) is 14.3 Å². The molecule has 0 radical (unpaired) electrons. The Morgan fingerprint density at radius 1 is 1.14 bits per heavy atom. The van der Waals surface area contributed by atoms with Crippen LogP contribution < -0.4 is 15.4 Å². The van der Waals surface area contributed by atoms with E-state index >= 15 is 0 Å². The molecule has 5 rings (SSSR count). The smallest absolute Gasteiger partial charge is 0.228 e. The van der Waals surface area contributed by atoms with Crippen LogP contribution in [0.3, 0.4) is 0 Å². The van der Waals surface area contributed by atoms with Crippen LogP contribution in [0.15, 0.2) is 47.6 Å². The summed E-state index contributed by atoms with van der Waals surface area (Å²) in [5.74, 6) is 2.28. The second-order valence-electron chi connectivity index (χ2n) is 8.48. The Morgan fingerprint density at radius 2 is 2.00 bits per heavy atom. The third-order valence-electron chi connectivity index (χ3n) is 5.76. The summed E-state index contributed by atoms with van der Waals surface area (Å²) in [7, 11) is 0. The quantitative estimate of drug-likeness (QED) is 0.403. The molecule has 2 aliphatic rings. The molecule has 0 spiro atoms. The average Bonchev–Trinajstić information content (AvgIpc) is 3.53. The molecular formula is C24H30N8O3. The van der Waals surface area contributed by atoms with Crippen LogP contribution in [0.5, 0.6) is 5.88 Å². The summed E-state index contributed by atoms with van der Waals surface area (Å²) in [6.07, 6.45) is 0.608. The number of morpholine rings is 1. The van der Waals surface area contributed by atoms with E-state index in [2.05, 4.69) is 40.9 Å². The predicted octanol–water partition coefficient (Wildman–Crippen LogP) is 2.57. The van der Waals surface area contributed by atoms with E-state index in [-0.39, 0.29) is 6.10 Å². The van der Waals surface area contributed by atoms with Crippen molar-refractivity contribution >= 4 is 23.3 Å². The van der Waals surface area contributed by atoms with Crippen molar-refractivity contribution in [3.8, 4) is 5.88 Å². The molecule has 2 aliphatic heterocycles. The van der Waals surface area contributed by atoms with Gasteiger partial charge < -0.3 is 24.9 Å². The summed E-state index contributed by atoms with van der Waals surface area (Å²) < 4.78 is 11.4. The van der Waals surface area contributed by atoms with Crippen LogP contribution in [0, 0.1) is 6.92 Å². The number of benzene rings is 1. The van der Waals surface area contributed by atoms with Gasteiger partial charge in [0.2, 0.25) is 11.8 Å². The molecule has 35 heavy (non-hydrogen) atoms. The van der Waals surface area contributed by atoms with Crippen LogP contribution >= 0.6 is 0 Å². The van der Waals surface area contributed by atoms with Gasteiger partial charge in [0, 0.05) is 38.2 Å². The zero-order valence-electron chi connectivity index (χ0n) is 19.7. The number of hydrogen-bond acceptors (Lipinski definition) is 10. The molecule has 11 heteroatoms. The third kappa shape index (κ3) is 6.46. The minimum absolute atomic E-state index is 0.105. The largest absolute Gasteiger partial charge is 0.476 e. The Hall–Kier alpha value is -3.70. The van der Waals surface area contributed by atoms with Crippen molar-refractivity contribution in [1.82, 2.24) is 25.1 Å². The van der Waals surface area contributed by atoms with E-state index in [9.17, 15) is 0 Å². The lowest BCUT2D eigenvalue weighted by atomic mass is 10.1. The Bertz CT molecular complexity index is 1130. The van der Waals surface area contributed by atoms with Crippen molar-refractivity contribution < 1.29 is 14.3 Å². The third-order valence-corrected chi connectivity index (χ3v) is 5.76. The highest BCUT2D eigenvalue weighted by Gasteiger charge is 2.22. The fourth-order valence-corrected chi connectivity index (χ4v) is 3.91. The number of oxime groups is 1. The highest BCUT2D eigenvalue weighted by Crippen LogP contribution is 2.21. The zero-order chi connectivity index (χ0) is 23.9. The molecule has 11 nitrogen and oxygen atoms in total. The monoisotopic (exact) mass is 478 g/mol. The fraction of sp³-hybridized carbons (Fsp3) is 0.417. The number of aryl methyl sites for hydroxylation is 1. The molecule has 0 aliphatic carbocycles. The highest BCUT2D eigenvalue weighted by molar-refractivity contribution is 6.01. The number of nitrogens with zero attached hydrogens (tertiary/aromatic N) is 5. The molecule has 1 atom stereocenters. The van der Waals surface area contributed by atoms with Crippen LogP contribution in [0.4, 0.5) is 17.6 Å². The van der Waals surface area contributed by atoms with Gasteiger partial charge in [-0.3, -0.25) is 10.00 Å². The van der Waals surface area contributed by atoms with Gasteiger partial charge in [-0.2, -0.15) is 15.1 Å². The minimum Gasteiger partial charge on any atom is -0.476 e. The summed E-state index contributed by atoms with van der Waals surface area (Å²) in [5, 5.41) is 17.9. The first kappa shape index (κ1) is 23.1. The second kappa shape index (κ2) is 11.2. The zero-order valence-corrected chi connectivity index (χ0v) is 19.7. The number of H-pyrrole nitrogens is 1. The van der Waals surface area contributed by atoms with E-state index in [0.29, 0.717) is 37.2 Å². The average molecular weight is 479 g/mol. The van der Waals surface area contributed by atoms with Crippen LogP contribution in [-0.2, 0) is 9.57 Å². The predicted molar refractivity (Wildman–Crippen MR) is 132 cm³/mol. The van der Waals surface area contributed by atoms with Gasteiger partial charge in [-0.25, -0.2) is 0 Å². The second-order valence-corrected chi connectivity index (χ2v) is 8.48. The summed E-state index contributed by atoms with van der Waals surface area (Å²) in [6.45, 7) is 7.13. The van der Waals surface area contributed by atoms with Crippen molar-refractivity contribution in [2.75, 3.05) is 56.6 Å². The number of rotatable bonds is 10. The van der Waals surface area contributed by atoms with Gasteiger partial charge in [0.15, 0.2) is 0 Å². The highest BCUT2D eigenvalue weighted by atomic mass is 16.6. The molecule has 1 fully saturated rings. The van der Waals surface area contributed by atoms with E-state index in [1.54, 1.807) is 6.07 Å². The molecule has 0 bridgehead atoms. The first-order valence-corrected chi connectivity index (χ1v) is 11.8. The lowest BCUT2D eigenvalue weighted by Gasteiger charge is -2.26. The van der Waals surface area contributed by atoms with Gasteiger partial charge in [-0.1, -0.05) is 35.5 Å². The van der Waals surface area contributed by atoms with E-state index in [0.717, 1.165) is 55.6 Å². The van der Waals surface area contributed by atoms with Gasteiger partial charge in [-0.15, -0.1) is 0 Å². The number of hydrogen-bond donors (Lipinski definition) is 3. The maximum atomic E-state index is 5.99. The number of aromatic nitrogens is 4. The molecule has 184 valence electrons. The lowest BCUT2D eigenvalue weighted by molar-refractivity contribution is 0.0320. The number of anilines is 3. The Balaban J connectivity index is 1.21. The molecular weight excluding hydrogens is 448 g/mol. The number of aromatic amines is 1. The van der Waals surface area contributed by atoms with E-state index < -0.39 is 0 Å². The summed E-state index contributed by atoms with van der Waals surface area (Å²) in [6, 6.07) is 13.7. The maximum absolute atomic E-state index is 5.99. The molecule has 1 saturated heterocycles.